The van der Waals surface area contributed by atoms with Gasteiger partial charge >= 0.3 is 0 Å². The molecule has 2 heterocycles. The molecule has 0 aliphatic heterocycles. The molecule has 2 aromatic carbocycles. The first-order chi connectivity index (χ1) is 27.6. The van der Waals surface area contributed by atoms with Crippen LogP contribution in [-0.4, -0.2) is 45.3 Å². The third kappa shape index (κ3) is 21.4. The molecular weight excluding hydrogens is 1210 g/mol. The topological polar surface area (TPSA) is 88.2 Å². The first kappa shape index (κ1) is 63.6. The molecule has 17 atom stereocenters. The fourth-order valence-electron chi connectivity index (χ4n) is 4.66. The molecule has 33 heteroatoms. The molecular formula is C26H57N4O4P25. The lowest BCUT2D eigenvalue weighted by Gasteiger charge is -2.34. The number of methoxy groups -OCH3 is 2. The molecule has 0 bridgehead atoms. The summed E-state index contributed by atoms with van der Waals surface area (Å²) in [4.78, 5) is 23.0. The lowest BCUT2D eigenvalue weighted by Crippen LogP contribution is -2.04. The van der Waals surface area contributed by atoms with E-state index in [1.807, 2.05) is 60.7 Å². The molecule has 8 nitrogen and oxygen atoms in total. The lowest BCUT2D eigenvalue weighted by molar-refractivity contribution is 0.0994. The number of aromatic nitrogens is 4. The van der Waals surface area contributed by atoms with E-state index in [0.29, 0.717) is 28.6 Å². The number of carbonyl (C=O) groups excluding carboxylic acids is 2. The van der Waals surface area contributed by atoms with Crippen LogP contribution in [0.2, 0.25) is 0 Å². The van der Waals surface area contributed by atoms with Gasteiger partial charge in [0.25, 0.3) is 0 Å². The molecule has 2 aromatic heterocycles. The van der Waals surface area contributed by atoms with Gasteiger partial charge in [0.2, 0.25) is 0 Å². The summed E-state index contributed by atoms with van der Waals surface area (Å²) in [6.45, 7) is 4.56. The molecule has 0 spiro atoms. The van der Waals surface area contributed by atoms with E-state index in [9.17, 15) is 9.59 Å². The zero-order valence-corrected chi connectivity index (χ0v) is 59.4. The van der Waals surface area contributed by atoms with Gasteiger partial charge in [-0.2, -0.15) is 10.2 Å². The Morgan fingerprint density at radius 1 is 0.576 bits per heavy atom. The van der Waals surface area contributed by atoms with Crippen molar-refractivity contribution in [1.29, 1.82) is 0 Å². The molecule has 0 amide bonds. The Bertz CT molecular complexity index is 1830. The highest BCUT2D eigenvalue weighted by Crippen LogP contribution is 3.18. The number of aryl methyl sites for hydroxylation is 2. The van der Waals surface area contributed by atoms with Crippen LogP contribution in [0.25, 0.3) is 22.5 Å². The molecule has 4 rings (SSSR count). The summed E-state index contributed by atoms with van der Waals surface area (Å²) in [6.07, 6.45) is 0. The summed E-state index contributed by atoms with van der Waals surface area (Å²) in [5, 5.41) is 8.54. The molecule has 0 fully saturated rings. The summed E-state index contributed by atoms with van der Waals surface area (Å²) in [5.41, 5.74) is 4.29. The third-order valence-corrected chi connectivity index (χ3v) is 147. The number of hydrogen-bond acceptors (Lipinski definition) is 6. The summed E-state index contributed by atoms with van der Waals surface area (Å²) >= 11 is 0. The number of hydrogen-bond donors (Lipinski definition) is 0. The average Bonchev–Trinajstić information content (AvgIpc) is 3.70. The second-order valence-corrected chi connectivity index (χ2v) is 104. The molecule has 17 unspecified atom stereocenters. The lowest BCUT2D eigenvalue weighted by atomic mass is 10.1. The SMILES string of the molecule is COc1c(-c2ccccc2)nn(C)c1C(C)=O.COc1c(C(C)=O)nn(C)c1-c1ccccc1.PP(P)P(P)P(P(P)P)P(P)P.PPP(P(P)P)P(P(P)P)P(P)P. The molecule has 0 saturated heterocycles. The van der Waals surface area contributed by atoms with Crippen LogP contribution in [0.15, 0.2) is 60.7 Å². The molecule has 4 aromatic rings. The first-order valence-corrected chi connectivity index (χ1v) is 59.9. The van der Waals surface area contributed by atoms with E-state index in [1.165, 1.54) is 13.8 Å². The van der Waals surface area contributed by atoms with Gasteiger partial charge in [-0.05, 0) is 69.9 Å². The highest BCUT2D eigenvalue weighted by atomic mass is 33.3. The fraction of sp³-hybridized carbons (Fsp3) is 0.231. The predicted molar refractivity (Wildman–Crippen MR) is 344 cm³/mol. The number of ketones is 2. The van der Waals surface area contributed by atoms with Crippen LogP contribution in [0.5, 0.6) is 11.5 Å². The summed E-state index contributed by atoms with van der Waals surface area (Å²) in [5.74, 6) is 0.913. The van der Waals surface area contributed by atoms with Gasteiger partial charge in [-0.15, -0.1) is 125 Å². The Kier molecular flexibility index (Phi) is 36.6. The number of rotatable bonds is 15. The van der Waals surface area contributed by atoms with E-state index in [2.05, 4.69) is 135 Å². The van der Waals surface area contributed by atoms with E-state index >= 15 is 0 Å². The van der Waals surface area contributed by atoms with Crippen LogP contribution in [0, 0.1) is 0 Å². The second-order valence-electron chi connectivity index (χ2n) is 11.1. The summed E-state index contributed by atoms with van der Waals surface area (Å²) < 4.78 is 13.8. The molecule has 0 aliphatic carbocycles. The fourth-order valence-corrected chi connectivity index (χ4v) is 234. The number of Topliss-reactive ketones (excluding diaryl/α,β-unsaturated/α-hetero) is 2. The van der Waals surface area contributed by atoms with Crippen LogP contribution in [0.1, 0.15) is 34.8 Å². The third-order valence-electron chi connectivity index (χ3n) is 6.93. The highest BCUT2D eigenvalue weighted by molar-refractivity contribution is 9.24. The van der Waals surface area contributed by atoms with Gasteiger partial charge in [0.05, 0.1) is 14.2 Å². The molecule has 0 aliphatic rings. The van der Waals surface area contributed by atoms with Gasteiger partial charge in [0.15, 0.2) is 28.8 Å². The van der Waals surface area contributed by atoms with E-state index in [4.69, 9.17) is 9.47 Å². The maximum Gasteiger partial charge on any atom is 0.183 e. The van der Waals surface area contributed by atoms with Crippen LogP contribution >= 0.6 is 203 Å². The van der Waals surface area contributed by atoms with E-state index in [0.717, 1.165) is 24.8 Å². The molecule has 0 N–H and O–H groups in total. The predicted octanol–water partition coefficient (Wildman–Crippen LogP) is 18.4. The highest BCUT2D eigenvalue weighted by Gasteiger charge is 2.29. The Morgan fingerprint density at radius 2 is 1.02 bits per heavy atom. The standard InChI is InChI=1S/2C13H14N2O2.H15P13.H14P12/c1-9(16)12-13(17-3)11(14-15(12)2)10-7-5-4-6-8-10;1-9(16)11-13(17-3)12(15(2)14-11)10-7-5-4-6-8-10;1-8-12(9(2)3)13(10(4)5)11(6)7;1-8(2)11(7)12(9(3)4)10(5)6/h2*4-8H,1-3H3;8H,1-7H2;1-7H2. The second kappa shape index (κ2) is 34.0. The van der Waals surface area contributed by atoms with Crippen molar-refractivity contribution in [1.82, 2.24) is 19.6 Å². The van der Waals surface area contributed by atoms with Crippen molar-refractivity contribution in [2.45, 2.75) is 13.8 Å². The molecule has 59 heavy (non-hydrogen) atoms. The minimum atomic E-state index is -0.0976. The monoisotopic (exact) mass is 1260 g/mol. The minimum absolute atomic E-state index is 0.0565. The molecule has 330 valence electrons. The van der Waals surface area contributed by atoms with Crippen molar-refractivity contribution in [3.8, 4) is 34.0 Å². The quantitative estimate of drug-likeness (QED) is 0.0870. The maximum absolute atomic E-state index is 11.5. The average molecular weight is 1260 g/mol. The van der Waals surface area contributed by atoms with Crippen molar-refractivity contribution in [2.24, 2.45) is 14.1 Å². The van der Waals surface area contributed by atoms with Crippen LogP contribution in [0.3, 0.4) is 0 Å². The number of benzene rings is 2. The smallest absolute Gasteiger partial charge is 0.183 e. The number of ether oxygens (including phenoxy) is 2. The zero-order valence-electron chi connectivity index (χ0n) is 33.3. The van der Waals surface area contributed by atoms with E-state index in [-0.39, 0.29) is 81.4 Å². The molecule has 0 saturated carbocycles. The maximum atomic E-state index is 11.5. The first-order valence-electron chi connectivity index (χ1n) is 16.1. The Hall–Kier alpha value is 6.55. The summed E-state index contributed by atoms with van der Waals surface area (Å²) in [6, 6.07) is 19.4. The van der Waals surface area contributed by atoms with Gasteiger partial charge < -0.3 is 9.47 Å². The zero-order chi connectivity index (χ0) is 45.3. The van der Waals surface area contributed by atoms with Crippen LogP contribution < -0.4 is 9.47 Å². The summed E-state index contributed by atoms with van der Waals surface area (Å²) in [7, 11) is 49.9. The minimum Gasteiger partial charge on any atom is -0.492 e. The Labute approximate surface area is 397 Å². The normalized spacial score (nSPS) is 12.5. The van der Waals surface area contributed by atoms with E-state index < -0.39 is 0 Å². The van der Waals surface area contributed by atoms with Gasteiger partial charge in [0.1, 0.15) is 17.1 Å². The van der Waals surface area contributed by atoms with Crippen molar-refractivity contribution in [3.63, 3.8) is 0 Å². The van der Waals surface area contributed by atoms with Crippen molar-refractivity contribution >= 4 is 214 Å². The Morgan fingerprint density at radius 3 is 1.32 bits per heavy atom. The van der Waals surface area contributed by atoms with Crippen molar-refractivity contribution in [2.75, 3.05) is 14.2 Å². The van der Waals surface area contributed by atoms with Crippen molar-refractivity contribution in [3.05, 3.63) is 72.1 Å². The van der Waals surface area contributed by atoms with E-state index in [1.54, 1.807) is 37.7 Å². The van der Waals surface area contributed by atoms with Gasteiger partial charge in [-0.3, -0.25) is 19.0 Å². The van der Waals surface area contributed by atoms with Gasteiger partial charge in [0, 0.05) is 39.1 Å². The van der Waals surface area contributed by atoms with Crippen LogP contribution in [0.4, 0.5) is 0 Å². The van der Waals surface area contributed by atoms with Crippen LogP contribution in [-0.2, 0) is 14.1 Å². The largest absolute Gasteiger partial charge is 0.492 e. The Balaban J connectivity index is 0.000000399. The number of carbonyl (C=O) groups is 2. The van der Waals surface area contributed by atoms with Crippen molar-refractivity contribution < 1.29 is 19.1 Å². The molecule has 0 radical (unpaired) electrons. The number of nitrogens with zero attached hydrogens (tertiary/aromatic N) is 4. The van der Waals surface area contributed by atoms with Gasteiger partial charge in [-0.25, -0.2) is 0 Å². The van der Waals surface area contributed by atoms with Gasteiger partial charge in [-0.1, -0.05) is 68.6 Å².